The van der Waals surface area contributed by atoms with E-state index in [1.807, 2.05) is 0 Å². The Labute approximate surface area is 259 Å². The van der Waals surface area contributed by atoms with Gasteiger partial charge in [0.15, 0.2) is 9.84 Å². The number of rotatable bonds is 5. The van der Waals surface area contributed by atoms with Gasteiger partial charge in [-0.3, -0.25) is 4.79 Å². The molecule has 1 saturated heterocycles. The SMILES string of the molecule is COC(=O)C1=CC[C@@H](C(=O)N2CCC3(S(=O)(=O)c4cccc(F)c4)c4ccc(C(F)(C(F)(F)F)C(F)(F)F)cc4CCC23)[C@@H](C)C1. The third kappa shape index (κ3) is 5.00. The van der Waals surface area contributed by atoms with Gasteiger partial charge in [0, 0.05) is 23.6 Å². The van der Waals surface area contributed by atoms with E-state index in [2.05, 4.69) is 0 Å². The van der Waals surface area contributed by atoms with E-state index < -0.39 is 72.7 Å². The van der Waals surface area contributed by atoms with E-state index in [0.29, 0.717) is 11.6 Å². The van der Waals surface area contributed by atoms with Crippen LogP contribution in [0.4, 0.5) is 35.1 Å². The topological polar surface area (TPSA) is 80.8 Å². The van der Waals surface area contributed by atoms with Gasteiger partial charge in [-0.2, -0.15) is 26.3 Å². The number of benzene rings is 2. The zero-order chi connectivity index (χ0) is 34.0. The van der Waals surface area contributed by atoms with Crippen molar-refractivity contribution in [3.05, 3.63) is 76.6 Å². The number of hydrogen-bond acceptors (Lipinski definition) is 5. The first-order chi connectivity index (χ1) is 21.3. The summed E-state index contributed by atoms with van der Waals surface area (Å²) < 4.78 is 142. The molecular formula is C31H29F8NO5S. The van der Waals surface area contributed by atoms with Crippen LogP contribution in [0.3, 0.4) is 0 Å². The number of likely N-dealkylation sites (tertiary alicyclic amines) is 1. The Bertz CT molecular complexity index is 1690. The van der Waals surface area contributed by atoms with Gasteiger partial charge in [0.05, 0.1) is 18.0 Å². The predicted octanol–water partition coefficient (Wildman–Crippen LogP) is 6.48. The number of nitrogens with zero attached hydrogens (tertiary/aromatic N) is 1. The molecule has 0 radical (unpaired) electrons. The lowest BCUT2D eigenvalue weighted by molar-refractivity contribution is -0.348. The molecule has 1 aliphatic heterocycles. The number of esters is 1. The van der Waals surface area contributed by atoms with E-state index >= 15 is 4.39 Å². The summed E-state index contributed by atoms with van der Waals surface area (Å²) in [6.07, 6.45) is -11.6. The summed E-state index contributed by atoms with van der Waals surface area (Å²) in [7, 11) is -3.46. The number of carbonyl (C=O) groups excluding carboxylic acids is 2. The van der Waals surface area contributed by atoms with Crippen molar-refractivity contribution < 1.29 is 57.9 Å². The van der Waals surface area contributed by atoms with E-state index in [4.69, 9.17) is 4.74 Å². The molecule has 6 nitrogen and oxygen atoms in total. The van der Waals surface area contributed by atoms with Crippen molar-refractivity contribution >= 4 is 21.7 Å². The monoisotopic (exact) mass is 679 g/mol. The highest BCUT2D eigenvalue weighted by Crippen LogP contribution is 2.57. The average Bonchev–Trinajstić information content (AvgIpc) is 3.40. The summed E-state index contributed by atoms with van der Waals surface area (Å²) >= 11 is 0. The summed E-state index contributed by atoms with van der Waals surface area (Å²) in [4.78, 5) is 26.9. The van der Waals surface area contributed by atoms with Crippen LogP contribution in [0, 0.1) is 17.7 Å². The number of halogens is 8. The van der Waals surface area contributed by atoms with Crippen molar-refractivity contribution in [2.75, 3.05) is 13.7 Å². The smallest absolute Gasteiger partial charge is 0.435 e. The van der Waals surface area contributed by atoms with Crippen LogP contribution in [-0.4, -0.2) is 57.2 Å². The lowest BCUT2D eigenvalue weighted by Gasteiger charge is -2.44. The molecule has 5 rings (SSSR count). The Morgan fingerprint density at radius 1 is 1.00 bits per heavy atom. The highest BCUT2D eigenvalue weighted by atomic mass is 32.2. The van der Waals surface area contributed by atoms with Crippen molar-refractivity contribution in [3.8, 4) is 0 Å². The van der Waals surface area contributed by atoms with Crippen LogP contribution in [0.5, 0.6) is 0 Å². The minimum Gasteiger partial charge on any atom is -0.466 e. The number of amides is 1. The average molecular weight is 680 g/mol. The van der Waals surface area contributed by atoms with Crippen molar-refractivity contribution in [2.45, 2.75) is 72.7 Å². The van der Waals surface area contributed by atoms with Crippen molar-refractivity contribution in [2.24, 2.45) is 11.8 Å². The fourth-order valence-corrected chi connectivity index (χ4v) is 9.67. The van der Waals surface area contributed by atoms with Gasteiger partial charge in [0.25, 0.3) is 0 Å². The number of allylic oxidation sites excluding steroid dienone is 1. The fraction of sp³-hybridized carbons (Fsp3) is 0.484. The molecule has 15 heteroatoms. The maximum atomic E-state index is 15.0. The molecule has 3 aliphatic rings. The summed E-state index contributed by atoms with van der Waals surface area (Å²) in [5, 5.41) is 0. The van der Waals surface area contributed by atoms with Crippen molar-refractivity contribution in [1.29, 1.82) is 0 Å². The van der Waals surface area contributed by atoms with Gasteiger partial charge in [-0.25, -0.2) is 22.0 Å². The molecule has 0 spiro atoms. The standard InChI is InChI=1S/C31H29F8NO5S/c1-17-14-19(27(42)45-2)6-9-23(17)26(41)40-13-12-28(46(43,44)22-5-3-4-21(32)16-22)24-10-8-20(15-18(24)7-11-25(28)40)29(33,30(34,35)36)31(37,38)39/h3-6,8,10,15-17,23,25H,7,9,11-14H2,1-2H3/t17-,23+,25?,28?/m0/s1. The van der Waals surface area contributed by atoms with Crippen molar-refractivity contribution in [1.82, 2.24) is 4.90 Å². The zero-order valence-corrected chi connectivity index (χ0v) is 25.3. The van der Waals surface area contributed by atoms with Crippen LogP contribution < -0.4 is 0 Å². The van der Waals surface area contributed by atoms with Crippen LogP contribution in [0.25, 0.3) is 0 Å². The maximum absolute atomic E-state index is 15.0. The Morgan fingerprint density at radius 2 is 1.67 bits per heavy atom. The second-order valence-electron chi connectivity index (χ2n) is 12.0. The highest BCUT2D eigenvalue weighted by molar-refractivity contribution is 7.92. The lowest BCUT2D eigenvalue weighted by Crippen LogP contribution is -2.54. The van der Waals surface area contributed by atoms with E-state index in [1.165, 1.54) is 12.0 Å². The van der Waals surface area contributed by atoms with Crippen LogP contribution in [0.1, 0.15) is 49.3 Å². The summed E-state index contributed by atoms with van der Waals surface area (Å²) in [6, 6.07) is 4.27. The number of carbonyl (C=O) groups is 2. The fourth-order valence-electron chi connectivity index (χ4n) is 7.27. The number of hydrogen-bond donors (Lipinski definition) is 0. The molecule has 250 valence electrons. The molecular weight excluding hydrogens is 650 g/mol. The summed E-state index contributed by atoms with van der Waals surface area (Å²) in [5.41, 5.74) is -7.53. The lowest BCUT2D eigenvalue weighted by atomic mass is 9.76. The van der Waals surface area contributed by atoms with Crippen LogP contribution in [0.2, 0.25) is 0 Å². The number of ether oxygens (including phenoxy) is 1. The van der Waals surface area contributed by atoms with E-state index in [-0.39, 0.29) is 61.8 Å². The molecule has 46 heavy (non-hydrogen) atoms. The molecule has 0 N–H and O–H groups in total. The Balaban J connectivity index is 1.64. The Hall–Kier alpha value is -3.49. The third-order valence-electron chi connectivity index (χ3n) is 9.55. The molecule has 0 aromatic heterocycles. The molecule has 2 aromatic rings. The maximum Gasteiger partial charge on any atom is 0.435 e. The second kappa shape index (κ2) is 11.3. The number of aryl methyl sites for hydroxylation is 1. The van der Waals surface area contributed by atoms with E-state index in [1.54, 1.807) is 13.0 Å². The third-order valence-corrected chi connectivity index (χ3v) is 12.1. The first-order valence-electron chi connectivity index (χ1n) is 14.4. The van der Waals surface area contributed by atoms with Gasteiger partial charge in [-0.05, 0) is 67.3 Å². The van der Waals surface area contributed by atoms with Crippen LogP contribution >= 0.6 is 0 Å². The molecule has 0 bridgehead atoms. The normalized spacial score (nSPS) is 25.4. The molecule has 2 unspecified atom stereocenters. The highest BCUT2D eigenvalue weighted by Gasteiger charge is 2.74. The number of methoxy groups -OCH3 is 1. The van der Waals surface area contributed by atoms with Crippen molar-refractivity contribution in [3.63, 3.8) is 0 Å². The van der Waals surface area contributed by atoms with Gasteiger partial charge in [0.1, 0.15) is 10.6 Å². The van der Waals surface area contributed by atoms with Gasteiger partial charge < -0.3 is 9.64 Å². The van der Waals surface area contributed by atoms with Gasteiger partial charge in [-0.15, -0.1) is 0 Å². The zero-order valence-electron chi connectivity index (χ0n) is 24.5. The molecule has 0 saturated carbocycles. The number of sulfone groups is 1. The molecule has 1 fully saturated rings. The van der Waals surface area contributed by atoms with Gasteiger partial charge in [-0.1, -0.05) is 37.3 Å². The first kappa shape index (κ1) is 33.9. The molecule has 4 atom stereocenters. The quantitative estimate of drug-likeness (QED) is 0.267. The number of fused-ring (bicyclic) bond motifs is 3. The molecule has 1 heterocycles. The van der Waals surface area contributed by atoms with Crippen LogP contribution in [0.15, 0.2) is 59.0 Å². The second-order valence-corrected chi connectivity index (χ2v) is 14.2. The molecule has 2 aromatic carbocycles. The summed E-state index contributed by atoms with van der Waals surface area (Å²) in [5.74, 6) is -2.92. The Morgan fingerprint density at radius 3 is 2.26 bits per heavy atom. The van der Waals surface area contributed by atoms with Gasteiger partial charge >= 0.3 is 24.0 Å². The first-order valence-corrected chi connectivity index (χ1v) is 15.8. The summed E-state index contributed by atoms with van der Waals surface area (Å²) in [6.45, 7) is 1.60. The van der Waals surface area contributed by atoms with E-state index in [9.17, 15) is 48.7 Å². The minimum atomic E-state index is -6.38. The van der Waals surface area contributed by atoms with Gasteiger partial charge in [0.2, 0.25) is 5.91 Å². The largest absolute Gasteiger partial charge is 0.466 e. The van der Waals surface area contributed by atoms with Crippen LogP contribution in [-0.2, 0) is 41.0 Å². The number of alkyl halides is 7. The minimum absolute atomic E-state index is 0.144. The predicted molar refractivity (Wildman–Crippen MR) is 147 cm³/mol. The Kier molecular flexibility index (Phi) is 8.35. The molecule has 1 amide bonds. The van der Waals surface area contributed by atoms with E-state index in [0.717, 1.165) is 30.3 Å². The molecule has 2 aliphatic carbocycles.